The number of benzene rings is 2. The van der Waals surface area contributed by atoms with Crippen LogP contribution in [-0.4, -0.2) is 52.1 Å². The lowest BCUT2D eigenvalue weighted by Crippen LogP contribution is -2.24. The summed E-state index contributed by atoms with van der Waals surface area (Å²) in [6.07, 6.45) is 4.40. The molecule has 4 rings (SSSR count). The van der Waals surface area contributed by atoms with Gasteiger partial charge in [0.1, 0.15) is 5.82 Å². The summed E-state index contributed by atoms with van der Waals surface area (Å²) in [4.78, 5) is 17.5. The summed E-state index contributed by atoms with van der Waals surface area (Å²) in [5.41, 5.74) is 3.62. The zero-order chi connectivity index (χ0) is 25.0. The van der Waals surface area contributed by atoms with Gasteiger partial charge in [0.05, 0.1) is 22.5 Å². The van der Waals surface area contributed by atoms with Crippen LogP contribution in [0.5, 0.6) is 0 Å². The first kappa shape index (κ1) is 24.6. The first-order chi connectivity index (χ1) is 16.8. The molecule has 0 radical (unpaired) electrons. The zero-order valence-corrected chi connectivity index (χ0v) is 21.0. The number of imidazole rings is 1. The Morgan fingerprint density at radius 3 is 2.54 bits per heavy atom. The Morgan fingerprint density at radius 2 is 1.86 bits per heavy atom. The molecule has 184 valence electrons. The average molecular weight is 495 g/mol. The number of amides is 1. The van der Waals surface area contributed by atoms with Crippen molar-refractivity contribution >= 4 is 27.0 Å². The number of aryl methyl sites for hydroxylation is 2. The van der Waals surface area contributed by atoms with E-state index in [0.717, 1.165) is 22.5 Å². The van der Waals surface area contributed by atoms with Crippen molar-refractivity contribution in [1.82, 2.24) is 29.0 Å². The van der Waals surface area contributed by atoms with Gasteiger partial charge in [0, 0.05) is 52.4 Å². The van der Waals surface area contributed by atoms with Crippen LogP contribution in [0.25, 0.3) is 11.0 Å². The molecule has 0 unspecified atom stereocenters. The Kier molecular flexibility index (Phi) is 7.32. The number of fused-ring (bicyclic) bond motifs is 1. The summed E-state index contributed by atoms with van der Waals surface area (Å²) in [7, 11) is -0.536. The van der Waals surface area contributed by atoms with E-state index in [-0.39, 0.29) is 17.2 Å². The van der Waals surface area contributed by atoms with E-state index >= 15 is 0 Å². The van der Waals surface area contributed by atoms with Crippen LogP contribution in [0.15, 0.2) is 65.8 Å². The molecule has 0 fully saturated rings. The lowest BCUT2D eigenvalue weighted by molar-refractivity contribution is -0.121. The number of sulfonamides is 1. The summed E-state index contributed by atoms with van der Waals surface area (Å²) in [5, 5.41) is 7.27. The topological polar surface area (TPSA) is 102 Å². The van der Waals surface area contributed by atoms with E-state index in [1.165, 1.54) is 18.4 Å². The molecule has 0 aliphatic carbocycles. The van der Waals surface area contributed by atoms with Crippen LogP contribution in [0.4, 0.5) is 0 Å². The van der Waals surface area contributed by atoms with E-state index in [9.17, 15) is 13.2 Å². The van der Waals surface area contributed by atoms with Crippen molar-refractivity contribution in [3.63, 3.8) is 0 Å². The minimum Gasteiger partial charge on any atom is -0.352 e. The van der Waals surface area contributed by atoms with E-state index in [2.05, 4.69) is 15.4 Å². The normalized spacial score (nSPS) is 11.9. The maximum absolute atomic E-state index is 12.6. The molecule has 2 aromatic heterocycles. The van der Waals surface area contributed by atoms with Crippen LogP contribution in [0.3, 0.4) is 0 Å². The predicted octanol–water partition coefficient (Wildman–Crippen LogP) is 2.80. The van der Waals surface area contributed by atoms with Crippen molar-refractivity contribution in [2.75, 3.05) is 14.1 Å². The maximum atomic E-state index is 12.6. The summed E-state index contributed by atoms with van der Waals surface area (Å²) in [6.45, 7) is 3.76. The Balaban J connectivity index is 1.43. The highest BCUT2D eigenvalue weighted by Gasteiger charge is 2.19. The van der Waals surface area contributed by atoms with Crippen LogP contribution in [0, 0.1) is 0 Å². The third-order valence-electron chi connectivity index (χ3n) is 5.96. The Bertz CT molecular complexity index is 1420. The van der Waals surface area contributed by atoms with E-state index in [1.54, 1.807) is 24.4 Å². The number of rotatable bonds is 10. The lowest BCUT2D eigenvalue weighted by atomic mass is 10.1. The minimum absolute atomic E-state index is 0.0653. The van der Waals surface area contributed by atoms with Crippen molar-refractivity contribution in [2.24, 2.45) is 0 Å². The third kappa shape index (κ3) is 5.44. The molecule has 0 saturated carbocycles. The average Bonchev–Trinajstić information content (AvgIpc) is 3.48. The van der Waals surface area contributed by atoms with E-state index in [1.807, 2.05) is 52.7 Å². The molecule has 4 aromatic rings. The molecule has 0 atom stereocenters. The van der Waals surface area contributed by atoms with Gasteiger partial charge in [-0.2, -0.15) is 5.10 Å². The van der Waals surface area contributed by atoms with Crippen molar-refractivity contribution < 1.29 is 13.2 Å². The molecular formula is C25H30N6O3S. The van der Waals surface area contributed by atoms with Gasteiger partial charge in [-0.3, -0.25) is 9.48 Å². The number of hydrogen-bond acceptors (Lipinski definition) is 5. The van der Waals surface area contributed by atoms with Gasteiger partial charge in [-0.15, -0.1) is 0 Å². The molecule has 1 N–H and O–H groups in total. The van der Waals surface area contributed by atoms with Gasteiger partial charge in [-0.05, 0) is 42.3 Å². The van der Waals surface area contributed by atoms with E-state index in [4.69, 9.17) is 0 Å². The van der Waals surface area contributed by atoms with E-state index < -0.39 is 10.0 Å². The molecule has 1 amide bonds. The summed E-state index contributed by atoms with van der Waals surface area (Å²) in [6, 6.07) is 14.8. The highest BCUT2D eigenvalue weighted by Crippen LogP contribution is 2.23. The standard InChI is InChI=1S/C25H30N6O3S/c1-4-31-23-11-10-21(35(33,34)29(2)3)16-22(23)28-24(31)12-13-25(32)26-17-19-8-5-6-9-20(19)18-30-15-7-14-27-30/h5-11,14-16H,4,12-13,17-18H2,1-3H3,(H,26,32). The van der Waals surface area contributed by atoms with Crippen LogP contribution in [-0.2, 0) is 40.9 Å². The minimum atomic E-state index is -3.54. The van der Waals surface area contributed by atoms with Gasteiger partial charge < -0.3 is 9.88 Å². The molecular weight excluding hydrogens is 464 g/mol. The molecule has 0 aliphatic heterocycles. The second-order valence-corrected chi connectivity index (χ2v) is 10.6. The molecule has 9 nitrogen and oxygen atoms in total. The SMILES string of the molecule is CCn1c(CCC(=O)NCc2ccccc2Cn2cccn2)nc2cc(S(=O)(=O)N(C)C)ccc21. The number of carbonyl (C=O) groups excluding carboxylic acids is 1. The second kappa shape index (κ2) is 10.4. The fourth-order valence-electron chi connectivity index (χ4n) is 4.03. The van der Waals surface area contributed by atoms with Crippen molar-refractivity contribution in [2.45, 2.75) is 44.3 Å². The van der Waals surface area contributed by atoms with Crippen molar-refractivity contribution in [3.05, 3.63) is 77.9 Å². The Morgan fingerprint density at radius 1 is 1.09 bits per heavy atom. The Labute approximate surface area is 205 Å². The van der Waals surface area contributed by atoms with Gasteiger partial charge in [0.2, 0.25) is 15.9 Å². The number of aromatic nitrogens is 4. The lowest BCUT2D eigenvalue weighted by Gasteiger charge is -2.11. The maximum Gasteiger partial charge on any atom is 0.242 e. The fourth-order valence-corrected chi connectivity index (χ4v) is 4.96. The smallest absolute Gasteiger partial charge is 0.242 e. The van der Waals surface area contributed by atoms with Gasteiger partial charge in [0.25, 0.3) is 0 Å². The fraction of sp³-hybridized carbons (Fsp3) is 0.320. The molecule has 0 aliphatic rings. The number of nitrogens with zero attached hydrogens (tertiary/aromatic N) is 5. The third-order valence-corrected chi connectivity index (χ3v) is 7.77. The molecule has 35 heavy (non-hydrogen) atoms. The zero-order valence-electron chi connectivity index (χ0n) is 20.2. The summed E-state index contributed by atoms with van der Waals surface area (Å²) >= 11 is 0. The highest BCUT2D eigenvalue weighted by molar-refractivity contribution is 7.89. The predicted molar refractivity (Wildman–Crippen MR) is 134 cm³/mol. The van der Waals surface area contributed by atoms with E-state index in [0.29, 0.717) is 31.6 Å². The number of carbonyl (C=O) groups is 1. The molecule has 2 aromatic carbocycles. The van der Waals surface area contributed by atoms with Gasteiger partial charge in [-0.25, -0.2) is 17.7 Å². The molecule has 0 bridgehead atoms. The Hall–Kier alpha value is -3.50. The molecule has 0 saturated heterocycles. The number of hydrogen-bond donors (Lipinski definition) is 1. The first-order valence-electron chi connectivity index (χ1n) is 11.5. The van der Waals surface area contributed by atoms with Crippen LogP contribution in [0.2, 0.25) is 0 Å². The van der Waals surface area contributed by atoms with Gasteiger partial charge in [0.15, 0.2) is 0 Å². The second-order valence-electron chi connectivity index (χ2n) is 8.46. The summed E-state index contributed by atoms with van der Waals surface area (Å²) < 4.78 is 30.0. The largest absolute Gasteiger partial charge is 0.352 e. The van der Waals surface area contributed by atoms with Crippen molar-refractivity contribution in [1.29, 1.82) is 0 Å². The number of nitrogens with one attached hydrogen (secondary N) is 1. The first-order valence-corrected chi connectivity index (χ1v) is 13.0. The van der Waals surface area contributed by atoms with Crippen LogP contribution >= 0.6 is 0 Å². The van der Waals surface area contributed by atoms with Gasteiger partial charge in [-0.1, -0.05) is 24.3 Å². The summed E-state index contributed by atoms with van der Waals surface area (Å²) in [5.74, 6) is 0.695. The molecule has 10 heteroatoms. The van der Waals surface area contributed by atoms with Crippen molar-refractivity contribution in [3.8, 4) is 0 Å². The monoisotopic (exact) mass is 494 g/mol. The van der Waals surface area contributed by atoms with Gasteiger partial charge >= 0.3 is 0 Å². The van der Waals surface area contributed by atoms with Crippen LogP contribution < -0.4 is 5.32 Å². The molecule has 2 heterocycles. The van der Waals surface area contributed by atoms with Crippen LogP contribution in [0.1, 0.15) is 30.3 Å². The highest BCUT2D eigenvalue weighted by atomic mass is 32.2. The quantitative estimate of drug-likeness (QED) is 0.365. The molecule has 0 spiro atoms.